The Bertz CT molecular complexity index is 249. The van der Waals surface area contributed by atoms with Crippen LogP contribution >= 0.6 is 0 Å². The maximum Gasteiger partial charge on any atom is 0.137 e. The molecule has 1 aliphatic heterocycles. The molecule has 2 heterocycles. The van der Waals surface area contributed by atoms with Gasteiger partial charge in [-0.05, 0) is 31.7 Å². The van der Waals surface area contributed by atoms with Crippen LogP contribution in [0, 0.1) is 5.92 Å². The predicted molar refractivity (Wildman–Crippen MR) is 54.8 cm³/mol. The highest BCUT2D eigenvalue weighted by molar-refractivity contribution is 4.75. The topological polar surface area (TPSA) is 42.7 Å². The van der Waals surface area contributed by atoms with E-state index in [2.05, 4.69) is 22.3 Å². The average Bonchev–Trinajstić information content (AvgIpc) is 2.70. The molecule has 1 fully saturated rings. The van der Waals surface area contributed by atoms with Crippen LogP contribution in [0.1, 0.15) is 26.2 Å². The molecule has 1 saturated heterocycles. The summed E-state index contributed by atoms with van der Waals surface area (Å²) >= 11 is 0. The summed E-state index contributed by atoms with van der Waals surface area (Å²) < 4.78 is 1.90. The highest BCUT2D eigenvalue weighted by Gasteiger charge is 2.16. The van der Waals surface area contributed by atoms with Crippen molar-refractivity contribution in [3.05, 3.63) is 12.7 Å². The third kappa shape index (κ3) is 2.54. The maximum absolute atomic E-state index is 4.09. The first kappa shape index (κ1) is 9.65. The molecule has 0 saturated carbocycles. The van der Waals surface area contributed by atoms with Gasteiger partial charge in [0.25, 0.3) is 0 Å². The zero-order chi connectivity index (χ0) is 9.80. The number of aromatic nitrogens is 3. The summed E-state index contributed by atoms with van der Waals surface area (Å²) in [6.45, 7) is 4.45. The standard InChI is InChI=1S/C10H18N4/c1-9-2-3-10(12-6-9)4-5-14-8-11-7-13-14/h7-10,12H,2-6H2,1H3. The van der Waals surface area contributed by atoms with E-state index in [4.69, 9.17) is 0 Å². The Labute approximate surface area is 84.7 Å². The van der Waals surface area contributed by atoms with E-state index in [-0.39, 0.29) is 0 Å². The van der Waals surface area contributed by atoms with E-state index in [1.807, 2.05) is 4.68 Å². The van der Waals surface area contributed by atoms with Gasteiger partial charge in [0.2, 0.25) is 0 Å². The van der Waals surface area contributed by atoms with Crippen LogP contribution in [0.2, 0.25) is 0 Å². The zero-order valence-corrected chi connectivity index (χ0v) is 8.69. The second kappa shape index (κ2) is 4.55. The number of nitrogens with zero attached hydrogens (tertiary/aromatic N) is 3. The summed E-state index contributed by atoms with van der Waals surface area (Å²) in [6, 6.07) is 0.676. The minimum atomic E-state index is 0.676. The normalized spacial score (nSPS) is 27.8. The lowest BCUT2D eigenvalue weighted by Gasteiger charge is -2.27. The van der Waals surface area contributed by atoms with Crippen molar-refractivity contribution in [2.75, 3.05) is 6.54 Å². The molecule has 1 aromatic heterocycles. The lowest BCUT2D eigenvalue weighted by atomic mass is 9.95. The first-order valence-corrected chi connectivity index (χ1v) is 5.40. The average molecular weight is 194 g/mol. The minimum absolute atomic E-state index is 0.676. The molecule has 2 atom stereocenters. The van der Waals surface area contributed by atoms with Crippen molar-refractivity contribution < 1.29 is 0 Å². The Morgan fingerprint density at radius 3 is 3.07 bits per heavy atom. The number of aryl methyl sites for hydroxylation is 1. The van der Waals surface area contributed by atoms with Crippen LogP contribution in [0.5, 0.6) is 0 Å². The van der Waals surface area contributed by atoms with Crippen molar-refractivity contribution in [2.24, 2.45) is 5.92 Å². The molecule has 14 heavy (non-hydrogen) atoms. The van der Waals surface area contributed by atoms with Gasteiger partial charge in [0, 0.05) is 12.6 Å². The highest BCUT2D eigenvalue weighted by atomic mass is 15.3. The highest BCUT2D eigenvalue weighted by Crippen LogP contribution is 2.15. The molecule has 0 amide bonds. The zero-order valence-electron chi connectivity index (χ0n) is 8.69. The maximum atomic E-state index is 4.09. The first-order valence-electron chi connectivity index (χ1n) is 5.40. The summed E-state index contributed by atoms with van der Waals surface area (Å²) in [5, 5.41) is 7.66. The van der Waals surface area contributed by atoms with Gasteiger partial charge < -0.3 is 5.32 Å². The van der Waals surface area contributed by atoms with Gasteiger partial charge in [0.05, 0.1) is 0 Å². The largest absolute Gasteiger partial charge is 0.314 e. The first-order chi connectivity index (χ1) is 6.84. The second-order valence-corrected chi connectivity index (χ2v) is 4.23. The van der Waals surface area contributed by atoms with Gasteiger partial charge >= 0.3 is 0 Å². The molecular formula is C10H18N4. The van der Waals surface area contributed by atoms with Gasteiger partial charge in [-0.3, -0.25) is 4.68 Å². The lowest BCUT2D eigenvalue weighted by molar-refractivity contribution is 0.304. The monoisotopic (exact) mass is 194 g/mol. The number of rotatable bonds is 3. The van der Waals surface area contributed by atoms with Crippen LogP contribution in [-0.2, 0) is 6.54 Å². The fraction of sp³-hybridized carbons (Fsp3) is 0.800. The van der Waals surface area contributed by atoms with Gasteiger partial charge in [-0.15, -0.1) is 0 Å². The molecule has 1 aliphatic rings. The Morgan fingerprint density at radius 1 is 1.50 bits per heavy atom. The van der Waals surface area contributed by atoms with Gasteiger partial charge in [-0.1, -0.05) is 6.92 Å². The number of nitrogens with one attached hydrogen (secondary N) is 1. The molecule has 1 aromatic rings. The van der Waals surface area contributed by atoms with E-state index in [1.54, 1.807) is 12.7 Å². The summed E-state index contributed by atoms with van der Waals surface area (Å²) in [7, 11) is 0. The van der Waals surface area contributed by atoms with Gasteiger partial charge in [-0.25, -0.2) is 4.98 Å². The molecule has 78 valence electrons. The molecule has 0 aliphatic carbocycles. The van der Waals surface area contributed by atoms with Crippen LogP contribution in [0.4, 0.5) is 0 Å². The second-order valence-electron chi connectivity index (χ2n) is 4.23. The fourth-order valence-electron chi connectivity index (χ4n) is 1.94. The predicted octanol–water partition coefficient (Wildman–Crippen LogP) is 1.06. The van der Waals surface area contributed by atoms with Crippen molar-refractivity contribution >= 4 is 0 Å². The fourth-order valence-corrected chi connectivity index (χ4v) is 1.94. The quantitative estimate of drug-likeness (QED) is 0.782. The molecule has 2 unspecified atom stereocenters. The van der Waals surface area contributed by atoms with Crippen molar-refractivity contribution in [2.45, 2.75) is 38.8 Å². The van der Waals surface area contributed by atoms with E-state index >= 15 is 0 Å². The number of hydrogen-bond acceptors (Lipinski definition) is 3. The summed E-state index contributed by atoms with van der Waals surface area (Å²) in [5.41, 5.74) is 0. The lowest BCUT2D eigenvalue weighted by Crippen LogP contribution is -2.38. The van der Waals surface area contributed by atoms with E-state index in [0.29, 0.717) is 6.04 Å². The Morgan fingerprint density at radius 2 is 2.43 bits per heavy atom. The van der Waals surface area contributed by atoms with E-state index in [9.17, 15) is 0 Å². The van der Waals surface area contributed by atoms with Crippen molar-refractivity contribution in [1.82, 2.24) is 20.1 Å². The van der Waals surface area contributed by atoms with Crippen molar-refractivity contribution in [1.29, 1.82) is 0 Å². The summed E-state index contributed by atoms with van der Waals surface area (Å²) in [6.07, 6.45) is 7.20. The Balaban J connectivity index is 1.71. The third-order valence-corrected chi connectivity index (χ3v) is 2.94. The molecule has 1 N–H and O–H groups in total. The van der Waals surface area contributed by atoms with Crippen LogP contribution in [0.25, 0.3) is 0 Å². The molecule has 4 heteroatoms. The summed E-state index contributed by atoms with van der Waals surface area (Å²) in [4.78, 5) is 3.93. The third-order valence-electron chi connectivity index (χ3n) is 2.94. The van der Waals surface area contributed by atoms with Crippen molar-refractivity contribution in [3.8, 4) is 0 Å². The minimum Gasteiger partial charge on any atom is -0.314 e. The molecule has 4 nitrogen and oxygen atoms in total. The molecule has 0 radical (unpaired) electrons. The molecular weight excluding hydrogens is 176 g/mol. The van der Waals surface area contributed by atoms with Gasteiger partial charge in [0.15, 0.2) is 0 Å². The molecule has 2 rings (SSSR count). The molecule has 0 bridgehead atoms. The molecule has 0 aromatic carbocycles. The Kier molecular flexibility index (Phi) is 3.14. The van der Waals surface area contributed by atoms with Gasteiger partial charge in [-0.2, -0.15) is 5.10 Å². The van der Waals surface area contributed by atoms with E-state index < -0.39 is 0 Å². The SMILES string of the molecule is CC1CCC(CCn2cncn2)NC1. The summed E-state index contributed by atoms with van der Waals surface area (Å²) in [5.74, 6) is 0.845. The number of hydrogen-bond donors (Lipinski definition) is 1. The van der Waals surface area contributed by atoms with E-state index in [1.165, 1.54) is 19.4 Å². The van der Waals surface area contributed by atoms with Crippen LogP contribution in [0.3, 0.4) is 0 Å². The molecule has 0 spiro atoms. The van der Waals surface area contributed by atoms with Gasteiger partial charge in [0.1, 0.15) is 12.7 Å². The number of piperidine rings is 1. The smallest absolute Gasteiger partial charge is 0.137 e. The van der Waals surface area contributed by atoms with Crippen LogP contribution in [-0.4, -0.2) is 27.4 Å². The van der Waals surface area contributed by atoms with Crippen LogP contribution in [0.15, 0.2) is 12.7 Å². The van der Waals surface area contributed by atoms with Crippen LogP contribution < -0.4 is 5.32 Å². The Hall–Kier alpha value is -0.900. The van der Waals surface area contributed by atoms with Crippen molar-refractivity contribution in [3.63, 3.8) is 0 Å². The van der Waals surface area contributed by atoms with E-state index in [0.717, 1.165) is 18.9 Å².